The quantitative estimate of drug-likeness (QED) is 0.451. The van der Waals surface area contributed by atoms with Crippen LogP contribution >= 0.6 is 11.8 Å². The first-order valence-corrected chi connectivity index (χ1v) is 8.66. The largest absolute Gasteiger partial charge is 0.481 e. The summed E-state index contributed by atoms with van der Waals surface area (Å²) in [7, 11) is 0. The predicted octanol–water partition coefficient (Wildman–Crippen LogP) is 2.63. The van der Waals surface area contributed by atoms with E-state index in [2.05, 4.69) is 17.2 Å². The molecule has 120 valence electrons. The lowest BCUT2D eigenvalue weighted by Crippen LogP contribution is -2.44. The van der Waals surface area contributed by atoms with Crippen LogP contribution in [0.4, 0.5) is 4.79 Å². The van der Waals surface area contributed by atoms with Gasteiger partial charge in [-0.3, -0.25) is 4.79 Å². The van der Waals surface area contributed by atoms with E-state index in [1.54, 1.807) is 11.8 Å². The molecular weight excluding hydrogens is 288 g/mol. The maximum absolute atomic E-state index is 11.7. The van der Waals surface area contributed by atoms with Gasteiger partial charge in [0.15, 0.2) is 0 Å². The van der Waals surface area contributed by atoms with E-state index in [0.717, 1.165) is 43.6 Å². The lowest BCUT2D eigenvalue weighted by atomic mass is 9.72. The van der Waals surface area contributed by atoms with Crippen molar-refractivity contribution in [3.05, 3.63) is 12.7 Å². The van der Waals surface area contributed by atoms with Crippen molar-refractivity contribution in [2.24, 2.45) is 5.41 Å². The van der Waals surface area contributed by atoms with Gasteiger partial charge in [0.2, 0.25) is 0 Å². The number of hydrogen-bond donors (Lipinski definition) is 3. The lowest BCUT2D eigenvalue weighted by molar-refractivity contribution is -0.140. The van der Waals surface area contributed by atoms with E-state index >= 15 is 0 Å². The molecule has 5 nitrogen and oxygen atoms in total. The van der Waals surface area contributed by atoms with Crippen molar-refractivity contribution in [3.8, 4) is 0 Å². The van der Waals surface area contributed by atoms with Gasteiger partial charge in [-0.15, -0.1) is 6.58 Å². The fourth-order valence-electron chi connectivity index (χ4n) is 2.77. The lowest BCUT2D eigenvalue weighted by Gasteiger charge is -2.36. The highest BCUT2D eigenvalue weighted by molar-refractivity contribution is 7.99. The second-order valence-corrected chi connectivity index (χ2v) is 6.75. The molecule has 0 unspecified atom stereocenters. The van der Waals surface area contributed by atoms with Crippen LogP contribution in [0.3, 0.4) is 0 Å². The van der Waals surface area contributed by atoms with Crippen molar-refractivity contribution >= 4 is 23.8 Å². The summed E-state index contributed by atoms with van der Waals surface area (Å²) in [4.78, 5) is 22.8. The first-order chi connectivity index (χ1) is 10.1. The van der Waals surface area contributed by atoms with Crippen molar-refractivity contribution in [3.63, 3.8) is 0 Å². The van der Waals surface area contributed by atoms with Crippen molar-refractivity contribution in [2.75, 3.05) is 24.6 Å². The molecule has 1 rings (SSSR count). The van der Waals surface area contributed by atoms with E-state index < -0.39 is 5.97 Å². The van der Waals surface area contributed by atoms with E-state index in [4.69, 9.17) is 5.11 Å². The van der Waals surface area contributed by atoms with Gasteiger partial charge in [-0.25, -0.2) is 4.79 Å². The first kappa shape index (κ1) is 17.9. The van der Waals surface area contributed by atoms with Crippen molar-refractivity contribution < 1.29 is 14.7 Å². The summed E-state index contributed by atoms with van der Waals surface area (Å²) in [6.45, 7) is 4.69. The number of rotatable bonds is 9. The number of aliphatic carboxylic acids is 1. The smallest absolute Gasteiger partial charge is 0.314 e. The van der Waals surface area contributed by atoms with Gasteiger partial charge in [0.25, 0.3) is 0 Å². The zero-order chi connectivity index (χ0) is 15.6. The van der Waals surface area contributed by atoms with Crippen LogP contribution in [-0.4, -0.2) is 41.7 Å². The van der Waals surface area contributed by atoms with E-state index in [1.165, 1.54) is 0 Å². The molecule has 0 atom stereocenters. The molecule has 0 saturated heterocycles. The molecule has 0 heterocycles. The maximum atomic E-state index is 11.7. The molecular formula is C15H26N2O3S. The van der Waals surface area contributed by atoms with Crippen LogP contribution in [0.5, 0.6) is 0 Å². The Hall–Kier alpha value is -1.17. The molecule has 0 aliphatic heterocycles. The average molecular weight is 314 g/mol. The highest BCUT2D eigenvalue weighted by Gasteiger charge is 2.34. The van der Waals surface area contributed by atoms with Crippen molar-refractivity contribution in [1.82, 2.24) is 10.6 Å². The number of carbonyl (C=O) groups excluding carboxylic acids is 1. The molecule has 2 amide bonds. The molecule has 1 aliphatic carbocycles. The third-order valence-corrected chi connectivity index (χ3v) is 4.80. The Morgan fingerprint density at radius 2 is 1.95 bits per heavy atom. The summed E-state index contributed by atoms with van der Waals surface area (Å²) >= 11 is 1.71. The van der Waals surface area contributed by atoms with Gasteiger partial charge < -0.3 is 15.7 Å². The van der Waals surface area contributed by atoms with Crippen LogP contribution in [0, 0.1) is 5.41 Å². The molecule has 3 N–H and O–H groups in total. The molecule has 1 fully saturated rings. The minimum Gasteiger partial charge on any atom is -0.481 e. The third-order valence-electron chi connectivity index (χ3n) is 3.83. The molecule has 0 spiro atoms. The molecule has 0 aromatic heterocycles. The highest BCUT2D eigenvalue weighted by atomic mass is 32.2. The summed E-state index contributed by atoms with van der Waals surface area (Å²) < 4.78 is 0. The molecule has 6 heteroatoms. The zero-order valence-corrected chi connectivity index (χ0v) is 13.3. The Morgan fingerprint density at radius 3 is 2.57 bits per heavy atom. The predicted molar refractivity (Wildman–Crippen MR) is 86.7 cm³/mol. The average Bonchev–Trinajstić information content (AvgIpc) is 2.45. The van der Waals surface area contributed by atoms with Gasteiger partial charge in [0.1, 0.15) is 0 Å². The van der Waals surface area contributed by atoms with Crippen LogP contribution in [-0.2, 0) is 4.79 Å². The summed E-state index contributed by atoms with van der Waals surface area (Å²) in [5.41, 5.74) is -0.265. The molecule has 0 aromatic carbocycles. The Balaban J connectivity index is 2.30. The minimum atomic E-state index is -0.778. The van der Waals surface area contributed by atoms with Crippen LogP contribution in [0.25, 0.3) is 0 Å². The molecule has 0 radical (unpaired) electrons. The summed E-state index contributed by atoms with van der Waals surface area (Å²) in [6, 6.07) is -0.204. The van der Waals surface area contributed by atoms with E-state index in [1.807, 2.05) is 6.08 Å². The SMILES string of the molecule is C=CCSCCNC(=O)NCC1(CC(=O)O)CCCCC1. The van der Waals surface area contributed by atoms with Crippen LogP contribution in [0.1, 0.15) is 38.5 Å². The molecule has 0 aromatic rings. The molecule has 1 aliphatic rings. The Morgan fingerprint density at radius 1 is 1.24 bits per heavy atom. The summed E-state index contributed by atoms with van der Waals surface area (Å²) in [5.74, 6) is 0.949. The van der Waals surface area contributed by atoms with Gasteiger partial charge in [-0.1, -0.05) is 25.3 Å². The fourth-order valence-corrected chi connectivity index (χ4v) is 3.35. The molecule has 21 heavy (non-hydrogen) atoms. The monoisotopic (exact) mass is 314 g/mol. The normalized spacial score (nSPS) is 17.0. The van der Waals surface area contributed by atoms with E-state index in [9.17, 15) is 9.59 Å². The van der Waals surface area contributed by atoms with Gasteiger partial charge in [-0.05, 0) is 18.3 Å². The molecule has 1 saturated carbocycles. The third kappa shape index (κ3) is 7.41. The zero-order valence-electron chi connectivity index (χ0n) is 12.5. The number of carbonyl (C=O) groups is 2. The number of nitrogens with one attached hydrogen (secondary N) is 2. The Bertz CT molecular complexity index is 355. The van der Waals surface area contributed by atoms with Crippen LogP contribution in [0.15, 0.2) is 12.7 Å². The fraction of sp³-hybridized carbons (Fsp3) is 0.733. The number of carboxylic acid groups (broad SMARTS) is 1. The Labute approximate surface area is 130 Å². The van der Waals surface area contributed by atoms with Crippen molar-refractivity contribution in [1.29, 1.82) is 0 Å². The van der Waals surface area contributed by atoms with Crippen LogP contribution in [0.2, 0.25) is 0 Å². The number of urea groups is 1. The summed E-state index contributed by atoms with van der Waals surface area (Å²) in [6.07, 6.45) is 7.01. The van der Waals surface area contributed by atoms with Crippen molar-refractivity contribution in [2.45, 2.75) is 38.5 Å². The number of amides is 2. The van der Waals surface area contributed by atoms with Gasteiger partial charge in [0.05, 0.1) is 6.42 Å². The number of thioether (sulfide) groups is 1. The number of hydrogen-bond acceptors (Lipinski definition) is 3. The van der Waals surface area contributed by atoms with Gasteiger partial charge in [-0.2, -0.15) is 11.8 Å². The van der Waals surface area contributed by atoms with E-state index in [-0.39, 0.29) is 17.9 Å². The maximum Gasteiger partial charge on any atom is 0.314 e. The minimum absolute atomic E-state index is 0.141. The van der Waals surface area contributed by atoms with Gasteiger partial charge >= 0.3 is 12.0 Å². The number of carboxylic acids is 1. The topological polar surface area (TPSA) is 78.4 Å². The van der Waals surface area contributed by atoms with Crippen LogP contribution < -0.4 is 10.6 Å². The van der Waals surface area contributed by atoms with Gasteiger partial charge in [0, 0.05) is 24.6 Å². The molecule has 0 bridgehead atoms. The van der Waals surface area contributed by atoms with E-state index in [0.29, 0.717) is 13.1 Å². The Kier molecular flexibility index (Phi) is 8.27. The second-order valence-electron chi connectivity index (χ2n) is 5.60. The highest BCUT2D eigenvalue weighted by Crippen LogP contribution is 2.38. The summed E-state index contributed by atoms with van der Waals surface area (Å²) in [5, 5.41) is 14.7. The standard InChI is InChI=1S/C15H26N2O3S/c1-2-9-21-10-8-16-14(20)17-12-15(11-13(18)19)6-4-3-5-7-15/h2H,1,3-12H2,(H,18,19)(H2,16,17,20). The second kappa shape index (κ2) is 9.71. The first-order valence-electron chi connectivity index (χ1n) is 7.50.